The number of fused-ring (bicyclic) bond motifs is 1. The summed E-state index contributed by atoms with van der Waals surface area (Å²) in [4.78, 5) is 33.9. The molecule has 6 rings (SSSR count). The van der Waals surface area contributed by atoms with Gasteiger partial charge in [0.15, 0.2) is 11.5 Å². The number of hydrogen-bond donors (Lipinski definition) is 2. The standard InChI is InChI=1S/C28H27F3N8O/c1-16(2)23-20(5-4-10-32-23)24-33-11-21-26(36-24)39(27(40)34-21)12-17-6-8-18(9-7-17)25-35-22(28(29,30)31)15-38(25)19-13-37(3)14-19/h4-11,15-16,19H,12-14H2,1-3H3,(H,34,40)/p+1. The summed E-state index contributed by atoms with van der Waals surface area (Å²) in [6.45, 7) is 5.67. The molecule has 1 fully saturated rings. The van der Waals surface area contributed by atoms with E-state index in [9.17, 15) is 18.0 Å². The molecule has 206 valence electrons. The zero-order chi connectivity index (χ0) is 28.2. The highest BCUT2D eigenvalue weighted by molar-refractivity contribution is 5.73. The first-order chi connectivity index (χ1) is 19.1. The lowest BCUT2D eigenvalue weighted by Gasteiger charge is -2.33. The van der Waals surface area contributed by atoms with Crippen molar-refractivity contribution in [2.75, 3.05) is 20.1 Å². The van der Waals surface area contributed by atoms with Gasteiger partial charge in [0.1, 0.15) is 17.8 Å². The highest BCUT2D eigenvalue weighted by Gasteiger charge is 2.42. The summed E-state index contributed by atoms with van der Waals surface area (Å²) in [5.41, 5.74) is 2.96. The third-order valence-corrected chi connectivity index (χ3v) is 7.23. The van der Waals surface area contributed by atoms with Crippen molar-refractivity contribution in [1.29, 1.82) is 0 Å². The van der Waals surface area contributed by atoms with Crippen LogP contribution in [0.25, 0.3) is 33.9 Å². The Balaban J connectivity index is 1.32. The summed E-state index contributed by atoms with van der Waals surface area (Å²) in [5.74, 6) is 1.04. The van der Waals surface area contributed by atoms with Crippen LogP contribution < -0.4 is 10.3 Å². The summed E-state index contributed by atoms with van der Waals surface area (Å²) in [7, 11) is 1.93. The van der Waals surface area contributed by atoms with Gasteiger partial charge in [-0.05, 0) is 42.8 Å². The maximum atomic E-state index is 13.5. The summed E-state index contributed by atoms with van der Waals surface area (Å²) < 4.78 is 43.7. The van der Waals surface area contributed by atoms with Gasteiger partial charge in [0.25, 0.3) is 5.82 Å². The van der Waals surface area contributed by atoms with E-state index in [0.29, 0.717) is 41.5 Å². The van der Waals surface area contributed by atoms with Crippen LogP contribution in [-0.4, -0.2) is 54.5 Å². The van der Waals surface area contributed by atoms with Gasteiger partial charge in [-0.2, -0.15) is 13.2 Å². The highest BCUT2D eigenvalue weighted by Crippen LogP contribution is 2.31. The second kappa shape index (κ2) is 9.70. The number of likely N-dealkylation sites (N-methyl/N-ethyl adjacent to an activating group) is 1. The molecular formula is C28H28F3N8O+. The van der Waals surface area contributed by atoms with E-state index in [2.05, 4.69) is 24.8 Å². The highest BCUT2D eigenvalue weighted by atomic mass is 19.4. The molecule has 5 aromatic rings. The number of nitrogens with zero attached hydrogens (tertiary/aromatic N) is 6. The molecule has 1 aliphatic heterocycles. The summed E-state index contributed by atoms with van der Waals surface area (Å²) in [5, 5.41) is 0. The molecule has 0 bridgehead atoms. The predicted octanol–water partition coefficient (Wildman–Crippen LogP) is 4.14. The molecule has 5 heterocycles. The number of rotatable bonds is 6. The van der Waals surface area contributed by atoms with Gasteiger partial charge in [-0.25, -0.2) is 24.3 Å². The lowest BCUT2D eigenvalue weighted by molar-refractivity contribution is -0.722. The molecule has 4 aromatic heterocycles. The van der Waals surface area contributed by atoms with Gasteiger partial charge < -0.3 is 4.98 Å². The largest absolute Gasteiger partial charge is 0.457 e. The van der Waals surface area contributed by atoms with Crippen LogP contribution in [0.4, 0.5) is 13.2 Å². The molecule has 0 aliphatic carbocycles. The SMILES string of the molecule is CC(C)c1ncccc1-c1ncc2[nH]c(=O)n(Cc3ccc(-c4[nH]c(C(F)(F)F)c[n+]4C4CN(C)C4)cc3)c2n1. The fraction of sp³-hybridized carbons (Fsp3) is 0.321. The van der Waals surface area contributed by atoms with Crippen molar-refractivity contribution in [3.8, 4) is 22.8 Å². The molecule has 2 N–H and O–H groups in total. The van der Waals surface area contributed by atoms with Crippen molar-refractivity contribution in [3.63, 3.8) is 0 Å². The van der Waals surface area contributed by atoms with E-state index in [1.807, 2.05) is 45.2 Å². The van der Waals surface area contributed by atoms with E-state index in [4.69, 9.17) is 4.98 Å². The lowest BCUT2D eigenvalue weighted by atomic mass is 10.0. The van der Waals surface area contributed by atoms with E-state index < -0.39 is 11.9 Å². The Hall–Kier alpha value is -4.32. The molecule has 0 amide bonds. The zero-order valence-corrected chi connectivity index (χ0v) is 22.2. The smallest absolute Gasteiger partial charge is 0.303 e. The molecular weight excluding hydrogens is 521 g/mol. The number of likely N-dealkylation sites (tertiary alicyclic amines) is 1. The van der Waals surface area contributed by atoms with E-state index in [0.717, 1.165) is 23.0 Å². The van der Waals surface area contributed by atoms with Gasteiger partial charge in [-0.3, -0.25) is 14.5 Å². The Morgan fingerprint density at radius 3 is 2.52 bits per heavy atom. The molecule has 1 saturated heterocycles. The first-order valence-electron chi connectivity index (χ1n) is 13.0. The normalized spacial score (nSPS) is 14.8. The van der Waals surface area contributed by atoms with E-state index in [1.54, 1.807) is 29.1 Å². The molecule has 0 saturated carbocycles. The minimum atomic E-state index is -4.47. The number of aromatic amines is 2. The fourth-order valence-electron chi connectivity index (χ4n) is 5.16. The van der Waals surface area contributed by atoms with Crippen molar-refractivity contribution in [1.82, 2.24) is 34.4 Å². The van der Waals surface area contributed by atoms with Crippen molar-refractivity contribution in [2.45, 2.75) is 38.5 Å². The fourth-order valence-corrected chi connectivity index (χ4v) is 5.16. The summed E-state index contributed by atoms with van der Waals surface area (Å²) in [6, 6.07) is 10.9. The minimum absolute atomic E-state index is 0.0401. The van der Waals surface area contributed by atoms with Gasteiger partial charge >= 0.3 is 11.9 Å². The average Bonchev–Trinajstić information content (AvgIpc) is 3.48. The second-order valence-electron chi connectivity index (χ2n) is 10.5. The number of hydrogen-bond acceptors (Lipinski definition) is 5. The van der Waals surface area contributed by atoms with E-state index >= 15 is 0 Å². The quantitative estimate of drug-likeness (QED) is 0.310. The van der Waals surface area contributed by atoms with Gasteiger partial charge in [-0.15, -0.1) is 0 Å². The van der Waals surface area contributed by atoms with Gasteiger partial charge in [0.05, 0.1) is 24.0 Å². The second-order valence-corrected chi connectivity index (χ2v) is 10.5. The first kappa shape index (κ1) is 25.9. The van der Waals surface area contributed by atoms with Crippen LogP contribution in [0.5, 0.6) is 0 Å². The zero-order valence-electron chi connectivity index (χ0n) is 22.2. The third-order valence-electron chi connectivity index (χ3n) is 7.23. The molecule has 12 heteroatoms. The number of imidazole rings is 2. The Labute approximate surface area is 227 Å². The van der Waals surface area contributed by atoms with Crippen LogP contribution in [0.1, 0.15) is 42.8 Å². The summed E-state index contributed by atoms with van der Waals surface area (Å²) >= 11 is 0. The van der Waals surface area contributed by atoms with E-state index in [-0.39, 0.29) is 24.2 Å². The van der Waals surface area contributed by atoms with Gasteiger partial charge in [0, 0.05) is 24.8 Å². The molecule has 40 heavy (non-hydrogen) atoms. The lowest BCUT2D eigenvalue weighted by Crippen LogP contribution is -2.57. The number of halogens is 3. The van der Waals surface area contributed by atoms with Crippen LogP contribution in [0.15, 0.2) is 59.8 Å². The first-order valence-corrected chi connectivity index (χ1v) is 13.0. The maximum absolute atomic E-state index is 13.5. The molecule has 9 nitrogen and oxygen atoms in total. The molecule has 1 aromatic carbocycles. The molecule has 0 atom stereocenters. The number of benzene rings is 1. The van der Waals surface area contributed by atoms with Crippen LogP contribution in [0.2, 0.25) is 0 Å². The van der Waals surface area contributed by atoms with Crippen LogP contribution in [0.3, 0.4) is 0 Å². The van der Waals surface area contributed by atoms with Gasteiger partial charge in [-0.1, -0.05) is 26.0 Å². The summed E-state index contributed by atoms with van der Waals surface area (Å²) in [6.07, 6.45) is 0.00157. The number of pyridine rings is 1. The number of aromatic nitrogens is 7. The van der Waals surface area contributed by atoms with E-state index in [1.165, 1.54) is 4.57 Å². The Morgan fingerprint density at radius 2 is 1.85 bits per heavy atom. The predicted molar refractivity (Wildman–Crippen MR) is 143 cm³/mol. The number of H-pyrrole nitrogens is 2. The monoisotopic (exact) mass is 549 g/mol. The molecule has 0 unspecified atom stereocenters. The van der Waals surface area contributed by atoms with Crippen molar-refractivity contribution < 1.29 is 17.7 Å². The van der Waals surface area contributed by atoms with Gasteiger partial charge in [0.2, 0.25) is 5.69 Å². The van der Waals surface area contributed by atoms with Crippen molar-refractivity contribution in [3.05, 3.63) is 82.4 Å². The van der Waals surface area contributed by atoms with Crippen LogP contribution in [0, 0.1) is 0 Å². The Morgan fingerprint density at radius 1 is 1.10 bits per heavy atom. The van der Waals surface area contributed by atoms with Crippen molar-refractivity contribution in [2.24, 2.45) is 0 Å². The van der Waals surface area contributed by atoms with Crippen LogP contribution >= 0.6 is 0 Å². The Bertz CT molecular complexity index is 1740. The average molecular weight is 550 g/mol. The molecule has 0 radical (unpaired) electrons. The number of alkyl halides is 3. The Kier molecular flexibility index (Phi) is 6.29. The maximum Gasteiger partial charge on any atom is 0.457 e. The number of nitrogens with one attached hydrogen (secondary N) is 2. The molecule has 1 aliphatic rings. The minimum Gasteiger partial charge on any atom is -0.303 e. The molecule has 0 spiro atoms. The topological polar surface area (TPSA) is 99.4 Å². The third kappa shape index (κ3) is 4.68. The van der Waals surface area contributed by atoms with Crippen molar-refractivity contribution >= 4 is 11.2 Å². The van der Waals surface area contributed by atoms with Crippen LogP contribution in [-0.2, 0) is 12.7 Å².